The van der Waals surface area contributed by atoms with Crippen LogP contribution in [0.4, 0.5) is 0 Å². The summed E-state index contributed by atoms with van der Waals surface area (Å²) in [5, 5.41) is 0. The molecule has 0 aliphatic heterocycles. The summed E-state index contributed by atoms with van der Waals surface area (Å²) in [4.78, 5) is 0.207. The molecule has 0 unspecified atom stereocenters. The Balaban J connectivity index is 3.20. The van der Waals surface area contributed by atoms with Gasteiger partial charge in [-0.25, -0.2) is 12.7 Å². The van der Waals surface area contributed by atoms with E-state index in [2.05, 4.69) is 6.07 Å². The van der Waals surface area contributed by atoms with E-state index in [0.717, 1.165) is 4.31 Å². The molecule has 0 fully saturated rings. The number of hydrogen-bond acceptors (Lipinski definition) is 3. The van der Waals surface area contributed by atoms with Crippen LogP contribution in [0.25, 0.3) is 0 Å². The maximum absolute atomic E-state index is 11.7. The summed E-state index contributed by atoms with van der Waals surface area (Å²) in [5.41, 5.74) is 0. The van der Waals surface area contributed by atoms with Gasteiger partial charge >= 0.3 is 0 Å². The maximum atomic E-state index is 11.7. The molecule has 0 spiro atoms. The molecule has 1 aromatic rings. The molecule has 0 bridgehead atoms. The van der Waals surface area contributed by atoms with E-state index in [1.54, 1.807) is 0 Å². The second-order valence-electron chi connectivity index (χ2n) is 2.88. The quantitative estimate of drug-likeness (QED) is 0.745. The molecule has 1 radical (unpaired) electrons. The minimum atomic E-state index is -3.38. The van der Waals surface area contributed by atoms with Crippen LogP contribution in [0.3, 0.4) is 0 Å². The van der Waals surface area contributed by atoms with Crippen LogP contribution in [-0.4, -0.2) is 33.9 Å². The molecule has 5 heteroatoms. The fourth-order valence-electron chi connectivity index (χ4n) is 0.914. The van der Waals surface area contributed by atoms with E-state index in [1.165, 1.54) is 39.4 Å². The number of benzene rings is 1. The van der Waals surface area contributed by atoms with Gasteiger partial charge in [-0.05, 0) is 12.1 Å². The van der Waals surface area contributed by atoms with Gasteiger partial charge in [0.15, 0.2) is 0 Å². The maximum Gasteiger partial charge on any atom is 0.242 e. The van der Waals surface area contributed by atoms with Gasteiger partial charge in [-0.1, -0.05) is 0 Å². The molecule has 1 rings (SSSR count). The summed E-state index contributed by atoms with van der Waals surface area (Å²) in [5.74, 6) is 0.410. The van der Waals surface area contributed by atoms with Crippen molar-refractivity contribution in [2.24, 2.45) is 0 Å². The smallest absolute Gasteiger partial charge is 0.242 e. The van der Waals surface area contributed by atoms with Crippen molar-refractivity contribution in [3.05, 3.63) is 24.3 Å². The Morgan fingerprint density at radius 3 is 2.57 bits per heavy atom. The van der Waals surface area contributed by atoms with Crippen molar-refractivity contribution in [2.75, 3.05) is 21.2 Å². The van der Waals surface area contributed by atoms with Crippen molar-refractivity contribution in [3.8, 4) is 5.75 Å². The average molecular weight is 214 g/mol. The Kier molecular flexibility index (Phi) is 3.13. The highest BCUT2D eigenvalue weighted by atomic mass is 32.2. The molecule has 0 aliphatic rings. The van der Waals surface area contributed by atoms with Gasteiger partial charge in [0.1, 0.15) is 5.75 Å². The first-order valence-corrected chi connectivity index (χ1v) is 5.40. The van der Waals surface area contributed by atoms with Crippen LogP contribution < -0.4 is 4.74 Å². The molecule has 0 aliphatic carbocycles. The Bertz CT molecular complexity index is 412. The first kappa shape index (κ1) is 11.0. The molecule has 0 amide bonds. The minimum Gasteiger partial charge on any atom is -0.496 e. The standard InChI is InChI=1S/C9H12NO3S/c1-10(2)14(11,12)9-6-4-5-8(7-9)13-3/h4,6-7H,1-3H3. The Morgan fingerprint density at radius 2 is 2.07 bits per heavy atom. The van der Waals surface area contributed by atoms with Crippen LogP contribution in [0.1, 0.15) is 0 Å². The molecule has 0 atom stereocenters. The molecule has 0 aromatic heterocycles. The predicted molar refractivity (Wildman–Crippen MR) is 52.7 cm³/mol. The van der Waals surface area contributed by atoms with E-state index in [9.17, 15) is 8.42 Å². The van der Waals surface area contributed by atoms with Crippen LogP contribution in [0, 0.1) is 6.07 Å². The van der Waals surface area contributed by atoms with Gasteiger partial charge in [0, 0.05) is 26.2 Å². The van der Waals surface area contributed by atoms with Crippen molar-refractivity contribution < 1.29 is 13.2 Å². The number of methoxy groups -OCH3 is 1. The number of nitrogens with zero attached hydrogens (tertiary/aromatic N) is 1. The van der Waals surface area contributed by atoms with Crippen LogP contribution in [0.15, 0.2) is 23.1 Å². The molecule has 0 saturated carbocycles. The lowest BCUT2D eigenvalue weighted by Crippen LogP contribution is -2.22. The normalized spacial score (nSPS) is 11.7. The molecule has 77 valence electrons. The van der Waals surface area contributed by atoms with Crippen molar-refractivity contribution >= 4 is 10.0 Å². The first-order valence-electron chi connectivity index (χ1n) is 3.96. The highest BCUT2D eigenvalue weighted by Crippen LogP contribution is 2.18. The van der Waals surface area contributed by atoms with Crippen molar-refractivity contribution in [1.29, 1.82) is 0 Å². The van der Waals surface area contributed by atoms with Crippen LogP contribution in [-0.2, 0) is 10.0 Å². The molecule has 0 saturated heterocycles. The zero-order valence-electron chi connectivity index (χ0n) is 8.31. The lowest BCUT2D eigenvalue weighted by atomic mass is 10.3. The summed E-state index contributed by atoms with van der Waals surface area (Å²) in [7, 11) is 1.06. The monoisotopic (exact) mass is 214 g/mol. The third-order valence-corrected chi connectivity index (χ3v) is 3.56. The van der Waals surface area contributed by atoms with Crippen LogP contribution >= 0.6 is 0 Å². The topological polar surface area (TPSA) is 46.6 Å². The Morgan fingerprint density at radius 1 is 1.43 bits per heavy atom. The van der Waals surface area contributed by atoms with Gasteiger partial charge in [-0.2, -0.15) is 0 Å². The SMILES string of the molecule is COc1[c]ccc(S(=O)(=O)N(C)C)c1. The van der Waals surface area contributed by atoms with Gasteiger partial charge in [-0.15, -0.1) is 0 Å². The molecular weight excluding hydrogens is 202 g/mol. The predicted octanol–water partition coefficient (Wildman–Crippen LogP) is 0.746. The molecule has 0 N–H and O–H groups in total. The van der Waals surface area contributed by atoms with Gasteiger partial charge in [0.05, 0.1) is 12.0 Å². The van der Waals surface area contributed by atoms with Crippen molar-refractivity contribution in [2.45, 2.75) is 4.90 Å². The van der Waals surface area contributed by atoms with Gasteiger partial charge < -0.3 is 4.74 Å². The molecular formula is C9H12NO3S. The Hall–Kier alpha value is -1.07. The van der Waals surface area contributed by atoms with E-state index >= 15 is 0 Å². The summed E-state index contributed by atoms with van der Waals surface area (Å²) in [6.45, 7) is 0. The summed E-state index contributed by atoms with van der Waals surface area (Å²) in [6, 6.07) is 7.21. The van der Waals surface area contributed by atoms with Gasteiger partial charge in [0.2, 0.25) is 10.0 Å². The zero-order valence-corrected chi connectivity index (χ0v) is 9.13. The van der Waals surface area contributed by atoms with E-state index in [1.807, 2.05) is 0 Å². The second kappa shape index (κ2) is 3.98. The van der Waals surface area contributed by atoms with Crippen molar-refractivity contribution in [3.63, 3.8) is 0 Å². The zero-order chi connectivity index (χ0) is 10.8. The van der Waals surface area contributed by atoms with Crippen molar-refractivity contribution in [1.82, 2.24) is 4.31 Å². The average Bonchev–Trinajstić information content (AvgIpc) is 2.17. The van der Waals surface area contributed by atoms with E-state index in [0.29, 0.717) is 5.75 Å². The third-order valence-electron chi connectivity index (χ3n) is 1.75. The third kappa shape index (κ3) is 2.05. The minimum absolute atomic E-state index is 0.207. The van der Waals surface area contributed by atoms with E-state index in [4.69, 9.17) is 4.74 Å². The van der Waals surface area contributed by atoms with Crippen LogP contribution in [0.2, 0.25) is 0 Å². The number of ether oxygens (including phenoxy) is 1. The Labute approximate surface area is 84.2 Å². The first-order chi connectivity index (χ1) is 6.48. The van der Waals surface area contributed by atoms with E-state index in [-0.39, 0.29) is 4.90 Å². The second-order valence-corrected chi connectivity index (χ2v) is 5.03. The fourth-order valence-corrected chi connectivity index (χ4v) is 1.83. The van der Waals surface area contributed by atoms with E-state index < -0.39 is 10.0 Å². The van der Waals surface area contributed by atoms with Gasteiger partial charge in [0.25, 0.3) is 0 Å². The lowest BCUT2D eigenvalue weighted by molar-refractivity contribution is 0.412. The molecule has 1 aromatic carbocycles. The summed E-state index contributed by atoms with van der Waals surface area (Å²) < 4.78 is 29.4. The highest BCUT2D eigenvalue weighted by Gasteiger charge is 2.17. The number of sulfonamides is 1. The summed E-state index contributed by atoms with van der Waals surface area (Å²) >= 11 is 0. The molecule has 14 heavy (non-hydrogen) atoms. The highest BCUT2D eigenvalue weighted by molar-refractivity contribution is 7.89. The largest absolute Gasteiger partial charge is 0.496 e. The lowest BCUT2D eigenvalue weighted by Gasteiger charge is -2.11. The molecule has 0 heterocycles. The number of hydrogen-bond donors (Lipinski definition) is 0. The number of rotatable bonds is 3. The molecule has 4 nitrogen and oxygen atoms in total. The fraction of sp³-hybridized carbons (Fsp3) is 0.333. The van der Waals surface area contributed by atoms with Gasteiger partial charge in [-0.3, -0.25) is 0 Å². The van der Waals surface area contributed by atoms with Crippen LogP contribution in [0.5, 0.6) is 5.75 Å². The summed E-state index contributed by atoms with van der Waals surface area (Å²) in [6.07, 6.45) is 0.